The molecule has 4 aromatic rings. The zero-order valence-corrected chi connectivity index (χ0v) is 13.8. The van der Waals surface area contributed by atoms with E-state index in [0.29, 0.717) is 11.6 Å². The van der Waals surface area contributed by atoms with Gasteiger partial charge in [-0.1, -0.05) is 11.6 Å². The number of aryl methyl sites for hydroxylation is 1. The molecule has 0 bridgehead atoms. The van der Waals surface area contributed by atoms with Gasteiger partial charge in [0.2, 0.25) is 0 Å². The molecule has 25 heavy (non-hydrogen) atoms. The van der Waals surface area contributed by atoms with E-state index in [9.17, 15) is 0 Å². The highest BCUT2D eigenvalue weighted by molar-refractivity contribution is 6.03. The summed E-state index contributed by atoms with van der Waals surface area (Å²) in [5, 5.41) is 13.5. The summed E-state index contributed by atoms with van der Waals surface area (Å²) < 4.78 is 5.26. The van der Waals surface area contributed by atoms with Crippen LogP contribution in [0.1, 0.15) is 18.2 Å². The highest BCUT2D eigenvalue weighted by atomic mass is 16.3. The van der Waals surface area contributed by atoms with Gasteiger partial charge in [0.05, 0.1) is 12.5 Å². The van der Waals surface area contributed by atoms with Crippen LogP contribution in [0.25, 0.3) is 28.1 Å². The summed E-state index contributed by atoms with van der Waals surface area (Å²) in [6.07, 6.45) is 5.18. The number of nitrogens with zero attached hydrogens (tertiary/aromatic N) is 4. The van der Waals surface area contributed by atoms with E-state index in [1.54, 1.807) is 12.5 Å². The van der Waals surface area contributed by atoms with E-state index in [-0.39, 0.29) is 0 Å². The molecule has 0 spiro atoms. The van der Waals surface area contributed by atoms with E-state index in [1.807, 2.05) is 44.2 Å². The molecule has 0 unspecified atom stereocenters. The monoisotopic (exact) mass is 332 g/mol. The van der Waals surface area contributed by atoms with E-state index in [1.165, 1.54) is 5.56 Å². The fraction of sp³-hybridized carbons (Fsp3) is 0.111. The Bertz CT molecular complexity index is 1090. The first-order valence-electron chi connectivity index (χ1n) is 7.83. The standard InChI is InChI=1S/C18H16N6O/c1-11-5-6-15-14(9-11)16-17(20-15)21-18(24-22-16)23-19-10-12(2)8-13-4-3-7-25-13/h3-10H,1-2H3,(H2,20,21,23,24)/b12-8+,19-10-. The summed E-state index contributed by atoms with van der Waals surface area (Å²) in [7, 11) is 0. The molecule has 0 aliphatic rings. The van der Waals surface area contributed by atoms with Gasteiger partial charge in [-0.05, 0) is 49.8 Å². The second-order valence-electron chi connectivity index (χ2n) is 5.78. The molecule has 0 amide bonds. The summed E-state index contributed by atoms with van der Waals surface area (Å²) >= 11 is 0. The number of aromatic amines is 1. The molecule has 0 radical (unpaired) electrons. The number of benzene rings is 1. The maximum Gasteiger partial charge on any atom is 0.265 e. The van der Waals surface area contributed by atoms with Crippen molar-refractivity contribution in [2.45, 2.75) is 13.8 Å². The quantitative estimate of drug-likeness (QED) is 0.437. The first-order chi connectivity index (χ1) is 12.2. The molecule has 0 saturated carbocycles. The van der Waals surface area contributed by atoms with Crippen molar-refractivity contribution in [1.29, 1.82) is 0 Å². The van der Waals surface area contributed by atoms with Crippen molar-refractivity contribution >= 4 is 40.3 Å². The lowest BCUT2D eigenvalue weighted by atomic mass is 10.2. The van der Waals surface area contributed by atoms with E-state index in [0.717, 1.165) is 27.8 Å². The van der Waals surface area contributed by atoms with Crippen molar-refractivity contribution in [1.82, 2.24) is 20.2 Å². The van der Waals surface area contributed by atoms with Gasteiger partial charge < -0.3 is 9.40 Å². The van der Waals surface area contributed by atoms with Gasteiger partial charge in [0, 0.05) is 10.9 Å². The molecule has 2 N–H and O–H groups in total. The number of furan rings is 1. The third-order valence-electron chi connectivity index (χ3n) is 3.72. The maximum absolute atomic E-state index is 5.26. The molecule has 4 rings (SSSR count). The third-order valence-corrected chi connectivity index (χ3v) is 3.72. The molecule has 1 aromatic carbocycles. The molecule has 0 fully saturated rings. The van der Waals surface area contributed by atoms with Crippen LogP contribution in [0.15, 0.2) is 51.7 Å². The Hall–Kier alpha value is -3.48. The van der Waals surface area contributed by atoms with Crippen molar-refractivity contribution in [3.8, 4) is 0 Å². The van der Waals surface area contributed by atoms with Crippen LogP contribution in [0.5, 0.6) is 0 Å². The number of hydrazone groups is 1. The Morgan fingerprint density at radius 3 is 3.04 bits per heavy atom. The lowest BCUT2D eigenvalue weighted by Gasteiger charge is -1.97. The van der Waals surface area contributed by atoms with Crippen LogP contribution < -0.4 is 5.43 Å². The van der Waals surface area contributed by atoms with Crippen LogP contribution in [0.3, 0.4) is 0 Å². The van der Waals surface area contributed by atoms with E-state index in [4.69, 9.17) is 4.42 Å². The lowest BCUT2D eigenvalue weighted by Crippen LogP contribution is -1.98. The predicted octanol–water partition coefficient (Wildman–Crippen LogP) is 3.91. The molecule has 0 aliphatic heterocycles. The first-order valence-corrected chi connectivity index (χ1v) is 7.83. The highest BCUT2D eigenvalue weighted by Gasteiger charge is 2.08. The van der Waals surface area contributed by atoms with Gasteiger partial charge in [0.1, 0.15) is 11.3 Å². The predicted molar refractivity (Wildman–Crippen MR) is 98.4 cm³/mol. The molecular formula is C18H16N6O. The Kier molecular flexibility index (Phi) is 3.74. The molecule has 3 aromatic heterocycles. The number of H-pyrrole nitrogens is 1. The molecule has 0 atom stereocenters. The van der Waals surface area contributed by atoms with Crippen LogP contribution in [0.4, 0.5) is 5.95 Å². The number of nitrogens with one attached hydrogen (secondary N) is 2. The summed E-state index contributed by atoms with van der Waals surface area (Å²) in [4.78, 5) is 7.67. The van der Waals surface area contributed by atoms with Crippen molar-refractivity contribution in [3.05, 3.63) is 53.5 Å². The smallest absolute Gasteiger partial charge is 0.265 e. The Morgan fingerprint density at radius 2 is 2.20 bits per heavy atom. The molecule has 7 heteroatoms. The first kappa shape index (κ1) is 15.1. The molecule has 0 aliphatic carbocycles. The van der Waals surface area contributed by atoms with Gasteiger partial charge >= 0.3 is 0 Å². The second-order valence-corrected chi connectivity index (χ2v) is 5.78. The van der Waals surface area contributed by atoms with Gasteiger partial charge in [-0.25, -0.2) is 5.43 Å². The van der Waals surface area contributed by atoms with Gasteiger partial charge in [-0.2, -0.15) is 10.1 Å². The number of rotatable bonds is 4. The fourth-order valence-electron chi connectivity index (χ4n) is 2.56. The maximum atomic E-state index is 5.26. The Morgan fingerprint density at radius 1 is 1.28 bits per heavy atom. The molecule has 124 valence electrons. The molecule has 0 saturated heterocycles. The minimum absolute atomic E-state index is 0.331. The normalized spacial score (nSPS) is 12.5. The number of hydrogen-bond acceptors (Lipinski definition) is 6. The molecule has 3 heterocycles. The number of anilines is 1. The summed E-state index contributed by atoms with van der Waals surface area (Å²) in [6, 6.07) is 9.85. The average Bonchev–Trinajstić information content (AvgIpc) is 3.21. The zero-order chi connectivity index (χ0) is 17.2. The third kappa shape index (κ3) is 3.12. The summed E-state index contributed by atoms with van der Waals surface area (Å²) in [6.45, 7) is 3.97. The average molecular weight is 332 g/mol. The van der Waals surface area contributed by atoms with Crippen molar-refractivity contribution in [2.75, 3.05) is 5.43 Å². The largest absolute Gasteiger partial charge is 0.465 e. The lowest BCUT2D eigenvalue weighted by molar-refractivity contribution is 0.557. The van der Waals surface area contributed by atoms with Gasteiger partial charge in [-0.3, -0.25) is 0 Å². The van der Waals surface area contributed by atoms with E-state index >= 15 is 0 Å². The van der Waals surface area contributed by atoms with Crippen LogP contribution in [0, 0.1) is 6.92 Å². The molecule has 7 nitrogen and oxygen atoms in total. The van der Waals surface area contributed by atoms with E-state index < -0.39 is 0 Å². The van der Waals surface area contributed by atoms with Crippen LogP contribution in [0.2, 0.25) is 0 Å². The number of hydrogen-bond donors (Lipinski definition) is 2. The number of aromatic nitrogens is 4. The number of allylic oxidation sites excluding steroid dienone is 1. The number of fused-ring (bicyclic) bond motifs is 3. The van der Waals surface area contributed by atoms with Gasteiger partial charge in [0.25, 0.3) is 5.95 Å². The second kappa shape index (κ2) is 6.20. The van der Waals surface area contributed by atoms with Crippen molar-refractivity contribution in [2.24, 2.45) is 5.10 Å². The van der Waals surface area contributed by atoms with Crippen molar-refractivity contribution in [3.63, 3.8) is 0 Å². The topological polar surface area (TPSA) is 92.0 Å². The Labute approximate surface area is 143 Å². The molecular weight excluding hydrogens is 316 g/mol. The highest BCUT2D eigenvalue weighted by Crippen LogP contribution is 2.23. The zero-order valence-electron chi connectivity index (χ0n) is 13.8. The van der Waals surface area contributed by atoms with Gasteiger partial charge in [-0.15, -0.1) is 10.2 Å². The summed E-state index contributed by atoms with van der Waals surface area (Å²) in [5.74, 6) is 1.11. The van der Waals surface area contributed by atoms with E-state index in [2.05, 4.69) is 36.8 Å². The van der Waals surface area contributed by atoms with Crippen LogP contribution in [-0.2, 0) is 0 Å². The van der Waals surface area contributed by atoms with Crippen LogP contribution in [-0.4, -0.2) is 26.4 Å². The minimum atomic E-state index is 0.331. The summed E-state index contributed by atoms with van der Waals surface area (Å²) in [5.41, 5.74) is 7.31. The van der Waals surface area contributed by atoms with Crippen LogP contribution >= 0.6 is 0 Å². The minimum Gasteiger partial charge on any atom is -0.465 e. The van der Waals surface area contributed by atoms with Gasteiger partial charge in [0.15, 0.2) is 5.65 Å². The SMILES string of the molecule is CC(/C=N\Nc1nnc2c(n1)[nH]c1ccc(C)cc12)=C\c1ccco1. The fourth-order valence-corrected chi connectivity index (χ4v) is 2.56. The Balaban J connectivity index is 1.56. The van der Waals surface area contributed by atoms with Crippen molar-refractivity contribution < 1.29 is 4.42 Å².